The van der Waals surface area contributed by atoms with Gasteiger partial charge < -0.3 is 5.11 Å². The molecular formula is C13H17Cl2NO3S. The van der Waals surface area contributed by atoms with Crippen LogP contribution >= 0.6 is 23.2 Å². The van der Waals surface area contributed by atoms with Crippen LogP contribution in [0.3, 0.4) is 0 Å². The summed E-state index contributed by atoms with van der Waals surface area (Å²) in [7, 11) is -3.73. The van der Waals surface area contributed by atoms with Crippen molar-refractivity contribution in [2.75, 3.05) is 0 Å². The fourth-order valence-electron chi connectivity index (χ4n) is 2.53. The van der Waals surface area contributed by atoms with Gasteiger partial charge in [-0.1, -0.05) is 30.1 Å². The Balaban J connectivity index is 2.32. The van der Waals surface area contributed by atoms with E-state index in [1.807, 2.05) is 0 Å². The highest BCUT2D eigenvalue weighted by Gasteiger charge is 2.28. The van der Waals surface area contributed by atoms with Crippen molar-refractivity contribution in [1.82, 2.24) is 4.72 Å². The topological polar surface area (TPSA) is 66.4 Å². The number of nitrogens with one attached hydrogen (secondary N) is 1. The van der Waals surface area contributed by atoms with E-state index in [0.717, 1.165) is 19.3 Å². The second-order valence-corrected chi connectivity index (χ2v) is 7.77. The molecule has 0 amide bonds. The molecule has 0 aliphatic heterocycles. The summed E-state index contributed by atoms with van der Waals surface area (Å²) in [6, 6.07) is 2.70. The van der Waals surface area contributed by atoms with E-state index < -0.39 is 10.0 Å². The molecule has 2 N–H and O–H groups in total. The van der Waals surface area contributed by atoms with Gasteiger partial charge in [0.05, 0.1) is 11.6 Å². The molecule has 1 aromatic rings. The standard InChI is InChI=1S/C13H17Cl2NO3S/c1-8-2-3-11(4-8)16-20(18,19)12-6-10(14)5-9(7-17)13(12)15/h5-6,8,11,16-17H,2-4,7H2,1H3. The van der Waals surface area contributed by atoms with Gasteiger partial charge in [-0.25, -0.2) is 13.1 Å². The van der Waals surface area contributed by atoms with Gasteiger partial charge in [0.15, 0.2) is 0 Å². The number of hydrogen-bond donors (Lipinski definition) is 2. The molecule has 112 valence electrons. The van der Waals surface area contributed by atoms with Gasteiger partial charge in [-0.3, -0.25) is 0 Å². The highest BCUT2D eigenvalue weighted by atomic mass is 35.5. The minimum Gasteiger partial charge on any atom is -0.392 e. The molecule has 7 heteroatoms. The maximum absolute atomic E-state index is 12.4. The van der Waals surface area contributed by atoms with E-state index in [1.165, 1.54) is 12.1 Å². The van der Waals surface area contributed by atoms with Crippen molar-refractivity contribution in [3.05, 3.63) is 27.7 Å². The van der Waals surface area contributed by atoms with E-state index in [1.54, 1.807) is 0 Å². The van der Waals surface area contributed by atoms with E-state index in [4.69, 9.17) is 23.2 Å². The van der Waals surface area contributed by atoms with Crippen LogP contribution in [0.2, 0.25) is 10.0 Å². The number of halogens is 2. The van der Waals surface area contributed by atoms with E-state index in [2.05, 4.69) is 11.6 Å². The Kier molecular flexibility index (Phi) is 4.97. The van der Waals surface area contributed by atoms with Crippen molar-refractivity contribution in [2.45, 2.75) is 43.7 Å². The number of benzene rings is 1. The van der Waals surface area contributed by atoms with Gasteiger partial charge >= 0.3 is 0 Å². The van der Waals surface area contributed by atoms with Crippen molar-refractivity contribution in [1.29, 1.82) is 0 Å². The smallest absolute Gasteiger partial charge is 0.242 e. The van der Waals surface area contributed by atoms with Gasteiger partial charge in [0.1, 0.15) is 4.90 Å². The summed E-state index contributed by atoms with van der Waals surface area (Å²) < 4.78 is 27.5. The highest BCUT2D eigenvalue weighted by molar-refractivity contribution is 7.89. The zero-order valence-electron chi connectivity index (χ0n) is 11.1. The molecule has 1 aliphatic rings. The summed E-state index contributed by atoms with van der Waals surface area (Å²) in [5.74, 6) is 0.519. The third kappa shape index (κ3) is 3.46. The monoisotopic (exact) mass is 337 g/mol. The van der Waals surface area contributed by atoms with Crippen molar-refractivity contribution in [3.63, 3.8) is 0 Å². The van der Waals surface area contributed by atoms with Crippen molar-refractivity contribution >= 4 is 33.2 Å². The van der Waals surface area contributed by atoms with Gasteiger partial charge in [-0.2, -0.15) is 0 Å². The Bertz CT molecular complexity index is 604. The molecule has 0 saturated heterocycles. The summed E-state index contributed by atoms with van der Waals surface area (Å²) in [4.78, 5) is -0.0738. The molecule has 4 nitrogen and oxygen atoms in total. The molecule has 1 saturated carbocycles. The van der Waals surface area contributed by atoms with Crippen molar-refractivity contribution in [2.24, 2.45) is 5.92 Å². The summed E-state index contributed by atoms with van der Waals surface area (Å²) in [5, 5.41) is 9.45. The minimum absolute atomic E-state index is 0.0236. The summed E-state index contributed by atoms with van der Waals surface area (Å²) in [5.41, 5.74) is 0.305. The Labute approximate surface area is 129 Å². The van der Waals surface area contributed by atoms with Crippen LogP contribution in [0.5, 0.6) is 0 Å². The van der Waals surface area contributed by atoms with Crippen LogP contribution in [0.1, 0.15) is 31.7 Å². The third-order valence-corrected chi connectivity index (χ3v) is 5.88. The first kappa shape index (κ1) is 16.0. The van der Waals surface area contributed by atoms with E-state index in [9.17, 15) is 13.5 Å². The lowest BCUT2D eigenvalue weighted by molar-refractivity contribution is 0.281. The molecule has 1 fully saturated rings. The molecule has 0 bridgehead atoms. The Morgan fingerprint density at radius 2 is 2.05 bits per heavy atom. The highest BCUT2D eigenvalue weighted by Crippen LogP contribution is 2.31. The lowest BCUT2D eigenvalue weighted by Gasteiger charge is -2.15. The Morgan fingerprint density at radius 3 is 2.60 bits per heavy atom. The van der Waals surface area contributed by atoms with Crippen molar-refractivity contribution in [3.8, 4) is 0 Å². The van der Waals surface area contributed by atoms with Crippen LogP contribution in [-0.2, 0) is 16.6 Å². The number of rotatable bonds is 4. The number of sulfonamides is 1. The Morgan fingerprint density at radius 1 is 1.35 bits per heavy atom. The van der Waals surface area contributed by atoms with Gasteiger partial charge in [-0.05, 0) is 42.9 Å². The molecule has 2 rings (SSSR count). The first-order valence-electron chi connectivity index (χ1n) is 6.44. The van der Waals surface area contributed by atoms with Gasteiger partial charge in [0.2, 0.25) is 10.0 Å². The fraction of sp³-hybridized carbons (Fsp3) is 0.538. The van der Waals surface area contributed by atoms with Crippen molar-refractivity contribution < 1.29 is 13.5 Å². The van der Waals surface area contributed by atoms with Crippen LogP contribution in [0.15, 0.2) is 17.0 Å². The SMILES string of the molecule is CC1CCC(NS(=O)(=O)c2cc(Cl)cc(CO)c2Cl)C1. The molecule has 1 aromatic carbocycles. The first-order chi connectivity index (χ1) is 9.33. The van der Waals surface area contributed by atoms with Gasteiger partial charge in [0, 0.05) is 11.1 Å². The molecule has 2 atom stereocenters. The third-order valence-electron chi connectivity index (χ3n) is 3.56. The lowest BCUT2D eigenvalue weighted by Crippen LogP contribution is -2.33. The molecular weight excluding hydrogens is 321 g/mol. The minimum atomic E-state index is -3.73. The van der Waals surface area contributed by atoms with E-state index in [0.29, 0.717) is 11.5 Å². The number of aliphatic hydroxyl groups excluding tert-OH is 1. The van der Waals surface area contributed by atoms with Crippen LogP contribution in [0.4, 0.5) is 0 Å². The predicted molar refractivity (Wildman–Crippen MR) is 79.5 cm³/mol. The largest absolute Gasteiger partial charge is 0.392 e. The lowest BCUT2D eigenvalue weighted by atomic mass is 10.1. The molecule has 1 aliphatic carbocycles. The van der Waals surface area contributed by atoms with E-state index >= 15 is 0 Å². The Hall–Kier alpha value is -0.330. The summed E-state index contributed by atoms with van der Waals surface area (Å²) >= 11 is 11.9. The normalized spacial score (nSPS) is 23.2. The zero-order chi connectivity index (χ0) is 14.9. The summed E-state index contributed by atoms with van der Waals surface area (Å²) in [6.07, 6.45) is 2.66. The maximum atomic E-state index is 12.4. The van der Waals surface area contributed by atoms with Crippen LogP contribution in [0, 0.1) is 5.92 Å². The predicted octanol–water partition coefficient (Wildman–Crippen LogP) is 2.95. The second-order valence-electron chi connectivity index (χ2n) is 5.27. The molecule has 0 spiro atoms. The number of hydrogen-bond acceptors (Lipinski definition) is 3. The van der Waals surface area contributed by atoms with Gasteiger partial charge in [0.25, 0.3) is 0 Å². The van der Waals surface area contributed by atoms with Crippen LogP contribution in [0.25, 0.3) is 0 Å². The average Bonchev–Trinajstić information content (AvgIpc) is 2.76. The summed E-state index contributed by atoms with van der Waals surface area (Å²) in [6.45, 7) is 1.74. The molecule has 0 heterocycles. The van der Waals surface area contributed by atoms with Crippen LogP contribution in [-0.4, -0.2) is 19.6 Å². The average molecular weight is 338 g/mol. The molecule has 20 heavy (non-hydrogen) atoms. The molecule has 2 unspecified atom stereocenters. The van der Waals surface area contributed by atoms with E-state index in [-0.39, 0.29) is 27.6 Å². The second kappa shape index (κ2) is 6.20. The van der Waals surface area contributed by atoms with Gasteiger partial charge in [-0.15, -0.1) is 0 Å². The first-order valence-corrected chi connectivity index (χ1v) is 8.68. The van der Waals surface area contributed by atoms with Crippen LogP contribution < -0.4 is 4.72 Å². The quantitative estimate of drug-likeness (QED) is 0.887. The maximum Gasteiger partial charge on any atom is 0.242 e. The number of aliphatic hydroxyl groups is 1. The molecule has 0 aromatic heterocycles. The zero-order valence-corrected chi connectivity index (χ0v) is 13.4. The molecule has 0 radical (unpaired) electrons. The fourth-order valence-corrected chi connectivity index (χ4v) is 4.73.